The SMILES string of the molecule is CCOC(=O)C(N)Cc1ccc(OC)c(COC)c1. The van der Waals surface area contributed by atoms with Gasteiger partial charge in [0.2, 0.25) is 0 Å². The quantitative estimate of drug-likeness (QED) is 0.753. The minimum atomic E-state index is -0.649. The molecule has 1 unspecified atom stereocenters. The molecule has 5 nitrogen and oxygen atoms in total. The third-order valence-corrected chi connectivity index (χ3v) is 2.69. The third-order valence-electron chi connectivity index (χ3n) is 2.69. The molecule has 0 saturated heterocycles. The molecule has 1 aromatic carbocycles. The zero-order valence-corrected chi connectivity index (χ0v) is 11.6. The minimum Gasteiger partial charge on any atom is -0.496 e. The molecule has 2 N–H and O–H groups in total. The van der Waals surface area contributed by atoms with Gasteiger partial charge in [0.1, 0.15) is 11.8 Å². The van der Waals surface area contributed by atoms with Gasteiger partial charge in [-0.15, -0.1) is 0 Å². The highest BCUT2D eigenvalue weighted by molar-refractivity contribution is 5.75. The van der Waals surface area contributed by atoms with E-state index in [0.717, 1.165) is 16.9 Å². The average molecular weight is 267 g/mol. The lowest BCUT2D eigenvalue weighted by atomic mass is 10.0. The van der Waals surface area contributed by atoms with Crippen LogP contribution in [-0.2, 0) is 27.3 Å². The van der Waals surface area contributed by atoms with Gasteiger partial charge in [0.25, 0.3) is 0 Å². The number of hydrogen-bond acceptors (Lipinski definition) is 5. The zero-order chi connectivity index (χ0) is 14.3. The lowest BCUT2D eigenvalue weighted by Gasteiger charge is -2.13. The fourth-order valence-corrected chi connectivity index (χ4v) is 1.81. The van der Waals surface area contributed by atoms with Gasteiger partial charge in [-0.3, -0.25) is 4.79 Å². The minimum absolute atomic E-state index is 0.337. The van der Waals surface area contributed by atoms with Crippen LogP contribution in [0.25, 0.3) is 0 Å². The molecule has 0 aromatic heterocycles. The van der Waals surface area contributed by atoms with Gasteiger partial charge in [-0.05, 0) is 31.0 Å². The summed E-state index contributed by atoms with van der Waals surface area (Å²) in [4.78, 5) is 11.5. The number of hydrogen-bond donors (Lipinski definition) is 1. The van der Waals surface area contributed by atoms with Crippen molar-refractivity contribution in [1.29, 1.82) is 0 Å². The van der Waals surface area contributed by atoms with Gasteiger partial charge >= 0.3 is 5.97 Å². The molecule has 0 aliphatic carbocycles. The molecule has 0 saturated carbocycles. The Hall–Kier alpha value is -1.59. The van der Waals surface area contributed by atoms with E-state index in [1.807, 2.05) is 18.2 Å². The Morgan fingerprint density at radius 1 is 1.37 bits per heavy atom. The van der Waals surface area contributed by atoms with E-state index < -0.39 is 6.04 Å². The number of methoxy groups -OCH3 is 2. The van der Waals surface area contributed by atoms with Crippen molar-refractivity contribution < 1.29 is 19.0 Å². The number of benzene rings is 1. The second kappa shape index (κ2) is 7.76. The monoisotopic (exact) mass is 267 g/mol. The molecule has 1 aromatic rings. The fourth-order valence-electron chi connectivity index (χ4n) is 1.81. The van der Waals surface area contributed by atoms with Gasteiger partial charge in [0.15, 0.2) is 0 Å². The molecule has 0 spiro atoms. The van der Waals surface area contributed by atoms with Crippen LogP contribution in [0.5, 0.6) is 5.75 Å². The molecular weight excluding hydrogens is 246 g/mol. The summed E-state index contributed by atoms with van der Waals surface area (Å²) in [5.74, 6) is 0.377. The predicted octanol–water partition coefficient (Wildman–Crippen LogP) is 1.27. The van der Waals surface area contributed by atoms with Gasteiger partial charge in [0, 0.05) is 12.7 Å². The Balaban J connectivity index is 2.78. The predicted molar refractivity (Wildman–Crippen MR) is 72.0 cm³/mol. The Labute approximate surface area is 113 Å². The van der Waals surface area contributed by atoms with Gasteiger partial charge in [0.05, 0.1) is 20.3 Å². The summed E-state index contributed by atoms with van der Waals surface area (Å²) in [5.41, 5.74) is 7.67. The van der Waals surface area contributed by atoms with Crippen molar-refractivity contribution in [3.63, 3.8) is 0 Å². The molecule has 0 amide bonds. The van der Waals surface area contributed by atoms with Crippen LogP contribution in [0.3, 0.4) is 0 Å². The van der Waals surface area contributed by atoms with E-state index in [2.05, 4.69) is 0 Å². The maximum Gasteiger partial charge on any atom is 0.323 e. The average Bonchev–Trinajstić information content (AvgIpc) is 2.39. The summed E-state index contributed by atoms with van der Waals surface area (Å²) < 4.78 is 15.2. The van der Waals surface area contributed by atoms with Crippen molar-refractivity contribution >= 4 is 5.97 Å². The molecule has 106 valence electrons. The van der Waals surface area contributed by atoms with Crippen molar-refractivity contribution in [2.45, 2.75) is 26.0 Å². The van der Waals surface area contributed by atoms with Crippen molar-refractivity contribution in [2.75, 3.05) is 20.8 Å². The fraction of sp³-hybridized carbons (Fsp3) is 0.500. The van der Waals surface area contributed by atoms with Crippen LogP contribution in [-0.4, -0.2) is 32.8 Å². The topological polar surface area (TPSA) is 70.8 Å². The largest absolute Gasteiger partial charge is 0.496 e. The number of ether oxygens (including phenoxy) is 3. The molecule has 19 heavy (non-hydrogen) atoms. The van der Waals surface area contributed by atoms with E-state index in [1.165, 1.54) is 0 Å². The van der Waals surface area contributed by atoms with Crippen molar-refractivity contribution in [2.24, 2.45) is 5.73 Å². The molecule has 0 aliphatic heterocycles. The molecule has 0 radical (unpaired) electrons. The van der Waals surface area contributed by atoms with Gasteiger partial charge in [-0.25, -0.2) is 0 Å². The van der Waals surface area contributed by atoms with Crippen LogP contribution in [0.4, 0.5) is 0 Å². The normalized spacial score (nSPS) is 12.0. The van der Waals surface area contributed by atoms with Crippen LogP contribution < -0.4 is 10.5 Å². The maximum absolute atomic E-state index is 11.5. The molecule has 1 atom stereocenters. The van der Waals surface area contributed by atoms with E-state index in [9.17, 15) is 4.79 Å². The first-order chi connectivity index (χ1) is 9.12. The molecule has 5 heteroatoms. The first-order valence-electron chi connectivity index (χ1n) is 6.19. The maximum atomic E-state index is 11.5. The second-order valence-electron chi connectivity index (χ2n) is 4.14. The Bertz CT molecular complexity index is 420. The molecule has 0 aliphatic rings. The van der Waals surface area contributed by atoms with Crippen LogP contribution in [0, 0.1) is 0 Å². The Kier molecular flexibility index (Phi) is 6.32. The Morgan fingerprint density at radius 2 is 2.11 bits per heavy atom. The Morgan fingerprint density at radius 3 is 2.68 bits per heavy atom. The number of esters is 1. The van der Waals surface area contributed by atoms with E-state index in [1.54, 1.807) is 21.1 Å². The summed E-state index contributed by atoms with van der Waals surface area (Å²) in [6.45, 7) is 2.55. The van der Waals surface area contributed by atoms with Crippen LogP contribution >= 0.6 is 0 Å². The van der Waals surface area contributed by atoms with E-state index in [0.29, 0.717) is 19.6 Å². The highest BCUT2D eigenvalue weighted by Gasteiger charge is 2.16. The highest BCUT2D eigenvalue weighted by Crippen LogP contribution is 2.21. The first kappa shape index (κ1) is 15.5. The van der Waals surface area contributed by atoms with Gasteiger partial charge < -0.3 is 19.9 Å². The van der Waals surface area contributed by atoms with Crippen molar-refractivity contribution in [3.8, 4) is 5.75 Å². The van der Waals surface area contributed by atoms with Crippen molar-refractivity contribution in [3.05, 3.63) is 29.3 Å². The summed E-state index contributed by atoms with van der Waals surface area (Å²) >= 11 is 0. The smallest absolute Gasteiger partial charge is 0.323 e. The molecule has 0 heterocycles. The number of carbonyl (C=O) groups is 1. The summed E-state index contributed by atoms with van der Waals surface area (Å²) in [5, 5.41) is 0. The summed E-state index contributed by atoms with van der Waals surface area (Å²) in [6.07, 6.45) is 0.430. The number of nitrogens with two attached hydrogens (primary N) is 1. The van der Waals surface area contributed by atoms with E-state index in [-0.39, 0.29) is 5.97 Å². The zero-order valence-electron chi connectivity index (χ0n) is 11.6. The lowest BCUT2D eigenvalue weighted by Crippen LogP contribution is -2.34. The molecule has 0 fully saturated rings. The number of carbonyl (C=O) groups excluding carboxylic acids is 1. The number of rotatable bonds is 7. The standard InChI is InChI=1S/C14H21NO4/c1-4-19-14(16)12(15)8-10-5-6-13(18-3)11(7-10)9-17-2/h5-7,12H,4,8-9,15H2,1-3H3. The third kappa shape index (κ3) is 4.54. The van der Waals surface area contributed by atoms with Gasteiger partial charge in [-0.1, -0.05) is 6.07 Å². The van der Waals surface area contributed by atoms with Crippen LogP contribution in [0.1, 0.15) is 18.1 Å². The van der Waals surface area contributed by atoms with E-state index in [4.69, 9.17) is 19.9 Å². The first-order valence-corrected chi connectivity index (χ1v) is 6.19. The molecule has 0 bridgehead atoms. The van der Waals surface area contributed by atoms with Crippen molar-refractivity contribution in [1.82, 2.24) is 0 Å². The van der Waals surface area contributed by atoms with Crippen LogP contribution in [0.2, 0.25) is 0 Å². The van der Waals surface area contributed by atoms with Gasteiger partial charge in [-0.2, -0.15) is 0 Å². The summed E-state index contributed by atoms with van der Waals surface area (Å²) in [6, 6.07) is 5.02. The summed E-state index contributed by atoms with van der Waals surface area (Å²) in [7, 11) is 3.23. The van der Waals surface area contributed by atoms with Crippen LogP contribution in [0.15, 0.2) is 18.2 Å². The second-order valence-corrected chi connectivity index (χ2v) is 4.14. The molecule has 1 rings (SSSR count). The highest BCUT2D eigenvalue weighted by atomic mass is 16.5. The van der Waals surface area contributed by atoms with E-state index >= 15 is 0 Å². The lowest BCUT2D eigenvalue weighted by molar-refractivity contribution is -0.144. The molecular formula is C14H21NO4.